The Labute approximate surface area is 301 Å². The maximum absolute atomic E-state index is 6.75. The predicted molar refractivity (Wildman–Crippen MR) is 195 cm³/mol. The molecule has 0 amide bonds. The smallest absolute Gasteiger partial charge is 0.193 e. The summed E-state index contributed by atoms with van der Waals surface area (Å²) in [6.07, 6.45) is 4.70. The number of para-hydroxylation sites is 2. The summed E-state index contributed by atoms with van der Waals surface area (Å²) < 4.78 is 14.4. The summed E-state index contributed by atoms with van der Waals surface area (Å²) >= 11 is 2.40. The fourth-order valence-electron chi connectivity index (χ4n) is 6.60. The van der Waals surface area contributed by atoms with Crippen molar-refractivity contribution in [1.82, 2.24) is 23.8 Å². The Balaban J connectivity index is 1.38. The number of rotatable bonds is 6. The zero-order valence-electron chi connectivity index (χ0n) is 29.8. The van der Waals surface area contributed by atoms with Crippen molar-refractivity contribution in [3.05, 3.63) is 106 Å². The molecule has 0 aliphatic carbocycles. The SMILES string of the molecule is CC(C)CB1N(c2cc(C(C)(C)C)ccn2)c2[c-]c(Oc3[c-]c(-n4[c](=[Pt])n(C)c5ccccc54)cc(C(C)(C)C)c3)ccc2-c2ccnn21. The van der Waals surface area contributed by atoms with Gasteiger partial charge in [0.25, 0.3) is 0 Å². The van der Waals surface area contributed by atoms with Crippen molar-refractivity contribution >= 4 is 29.5 Å². The Morgan fingerprint density at radius 2 is 1.57 bits per heavy atom. The third kappa shape index (κ3) is 6.14. The van der Waals surface area contributed by atoms with Crippen LogP contribution in [0.4, 0.5) is 11.5 Å². The van der Waals surface area contributed by atoms with E-state index in [-0.39, 0.29) is 17.8 Å². The molecule has 9 heteroatoms. The molecule has 0 atom stereocenters. The van der Waals surface area contributed by atoms with Gasteiger partial charge in [-0.05, 0) is 23.0 Å². The monoisotopic (exact) mass is 829 g/mol. The molecule has 3 aromatic carbocycles. The average Bonchev–Trinajstić information content (AvgIpc) is 3.63. The summed E-state index contributed by atoms with van der Waals surface area (Å²) in [7, 11) is 2.10. The number of hydrogen-bond donors (Lipinski definition) is 0. The molecule has 49 heavy (non-hydrogen) atoms. The van der Waals surface area contributed by atoms with Gasteiger partial charge < -0.3 is 0 Å². The van der Waals surface area contributed by atoms with Gasteiger partial charge in [0.05, 0.1) is 0 Å². The molecule has 1 aliphatic heterocycles. The first kappa shape index (κ1) is 33.3. The zero-order chi connectivity index (χ0) is 34.8. The number of pyridine rings is 1. The van der Waals surface area contributed by atoms with Crippen LogP contribution in [0.25, 0.3) is 28.0 Å². The zero-order valence-corrected chi connectivity index (χ0v) is 32.0. The molecular weight excluding hydrogens is 786 g/mol. The van der Waals surface area contributed by atoms with E-state index in [2.05, 4.69) is 173 Å². The molecule has 0 saturated heterocycles. The molecular formula is C40H43BN6OPt-2. The number of fused-ring (bicyclic) bond motifs is 4. The molecule has 0 fully saturated rings. The molecule has 1 aliphatic rings. The van der Waals surface area contributed by atoms with Crippen LogP contribution in [0, 0.1) is 21.9 Å². The summed E-state index contributed by atoms with van der Waals surface area (Å²) in [6.45, 7) is 17.8. The fourth-order valence-corrected chi connectivity index (χ4v) is 7.42. The van der Waals surface area contributed by atoms with Crippen molar-refractivity contribution in [2.45, 2.75) is 72.5 Å². The van der Waals surface area contributed by atoms with Crippen molar-refractivity contribution in [2.75, 3.05) is 4.81 Å². The minimum atomic E-state index is -0.110. The van der Waals surface area contributed by atoms with Crippen molar-refractivity contribution in [3.63, 3.8) is 0 Å². The van der Waals surface area contributed by atoms with Gasteiger partial charge in [-0.15, -0.1) is 0 Å². The van der Waals surface area contributed by atoms with E-state index in [1.165, 1.54) is 5.56 Å². The first-order chi connectivity index (χ1) is 23.2. The normalized spacial score (nSPS) is 13.3. The van der Waals surface area contributed by atoms with E-state index in [1.54, 1.807) is 0 Å². The number of aromatic nitrogens is 5. The summed E-state index contributed by atoms with van der Waals surface area (Å²) in [5.74, 6) is 2.57. The molecule has 0 spiro atoms. The Kier molecular flexibility index (Phi) is 8.38. The number of nitrogens with zero attached hydrogens (tertiary/aromatic N) is 6. The van der Waals surface area contributed by atoms with E-state index >= 15 is 0 Å². The van der Waals surface area contributed by atoms with Gasteiger partial charge >= 0.3 is 227 Å². The van der Waals surface area contributed by atoms with E-state index in [9.17, 15) is 0 Å². The van der Waals surface area contributed by atoms with E-state index in [4.69, 9.17) is 14.8 Å². The van der Waals surface area contributed by atoms with Gasteiger partial charge in [0, 0.05) is 12.4 Å². The standard InChI is InChI=1S/C40H43BN6O.Pt/c1-27(2)25-41-46(38-22-28(16-18-42-38)39(3,4)5)37-24-31(14-15-33(37)34-17-19-43-47(34)41)48-32-21-29(40(6,7)8)20-30(23-32)45-26-44(9)35-12-10-11-13-36(35)45;/h10-22,27H,25H2,1-9H3;/q-2;. The molecule has 0 unspecified atom stereocenters. The number of imidazole rings is 1. The number of aryl methyl sites for hydroxylation is 1. The van der Waals surface area contributed by atoms with Crippen LogP contribution < -0.4 is 9.55 Å². The molecule has 254 valence electrons. The van der Waals surface area contributed by atoms with Gasteiger partial charge in [0.2, 0.25) is 0 Å². The van der Waals surface area contributed by atoms with E-state index in [0.717, 1.165) is 55.2 Å². The molecule has 0 radical (unpaired) electrons. The van der Waals surface area contributed by atoms with Gasteiger partial charge in [-0.2, -0.15) is 5.10 Å². The summed E-state index contributed by atoms with van der Waals surface area (Å²) in [6, 6.07) is 30.7. The second-order valence-corrected chi connectivity index (χ2v) is 16.5. The summed E-state index contributed by atoms with van der Waals surface area (Å²) in [5, 5.41) is 4.82. The van der Waals surface area contributed by atoms with Crippen LogP contribution in [-0.4, -0.2) is 30.8 Å². The first-order valence-corrected chi connectivity index (χ1v) is 18.1. The minimum Gasteiger partial charge on any atom is -0.193 e. The Morgan fingerprint density at radius 1 is 0.837 bits per heavy atom. The summed E-state index contributed by atoms with van der Waals surface area (Å²) in [5.41, 5.74) is 8.51. The van der Waals surface area contributed by atoms with Crippen molar-refractivity contribution in [3.8, 4) is 28.4 Å². The van der Waals surface area contributed by atoms with Gasteiger partial charge in [0.1, 0.15) is 0 Å². The maximum atomic E-state index is 6.75. The van der Waals surface area contributed by atoms with E-state index in [0.29, 0.717) is 17.4 Å². The number of ether oxygens (including phenoxy) is 1. The Bertz CT molecular complexity index is 2250. The van der Waals surface area contributed by atoms with Gasteiger partial charge in [-0.25, -0.2) is 0 Å². The van der Waals surface area contributed by atoms with Crippen LogP contribution in [0.1, 0.15) is 66.5 Å². The third-order valence-corrected chi connectivity index (χ3v) is 10.5. The van der Waals surface area contributed by atoms with Crippen molar-refractivity contribution in [2.24, 2.45) is 13.0 Å². The van der Waals surface area contributed by atoms with Crippen LogP contribution in [0.2, 0.25) is 6.32 Å². The molecule has 3 aromatic heterocycles. The van der Waals surface area contributed by atoms with Crippen molar-refractivity contribution < 1.29 is 24.1 Å². The quantitative estimate of drug-likeness (QED) is 0.124. The molecule has 0 N–H and O–H groups in total. The minimum absolute atomic E-state index is 0.0268. The second-order valence-electron chi connectivity index (χ2n) is 15.5. The van der Waals surface area contributed by atoms with Gasteiger partial charge in [-0.3, -0.25) is 0 Å². The summed E-state index contributed by atoms with van der Waals surface area (Å²) in [4.78, 5) is 7.23. The molecule has 0 saturated carbocycles. The van der Waals surface area contributed by atoms with Crippen LogP contribution in [0.15, 0.2) is 79.1 Å². The molecule has 4 heterocycles. The second kappa shape index (κ2) is 12.3. The number of benzene rings is 3. The number of hydrogen-bond acceptors (Lipinski definition) is 4. The predicted octanol–water partition coefficient (Wildman–Crippen LogP) is 9.44. The third-order valence-electron chi connectivity index (χ3n) is 9.27. The van der Waals surface area contributed by atoms with Crippen LogP contribution in [-0.2, 0) is 37.2 Å². The molecule has 7 nitrogen and oxygen atoms in total. The average molecular weight is 830 g/mol. The number of anilines is 2. The molecule has 6 aromatic rings. The Morgan fingerprint density at radius 3 is 2.29 bits per heavy atom. The fraction of sp³-hybridized carbons (Fsp3) is 0.325. The molecule has 0 bridgehead atoms. The van der Waals surface area contributed by atoms with Gasteiger partial charge in [0.15, 0.2) is 0 Å². The van der Waals surface area contributed by atoms with Crippen LogP contribution in [0.3, 0.4) is 0 Å². The first-order valence-electron chi connectivity index (χ1n) is 16.9. The van der Waals surface area contributed by atoms with Crippen LogP contribution >= 0.6 is 0 Å². The Hall–Kier alpha value is -4.16. The molecule has 7 rings (SSSR count). The van der Waals surface area contributed by atoms with Crippen molar-refractivity contribution in [1.29, 1.82) is 0 Å². The topological polar surface area (TPSA) is 53.0 Å². The van der Waals surface area contributed by atoms with E-state index in [1.807, 2.05) is 18.5 Å². The van der Waals surface area contributed by atoms with E-state index < -0.39 is 0 Å². The van der Waals surface area contributed by atoms with Gasteiger partial charge in [-0.1, -0.05) is 34.6 Å². The van der Waals surface area contributed by atoms with Crippen LogP contribution in [0.5, 0.6) is 11.5 Å².